The van der Waals surface area contributed by atoms with Crippen LogP contribution in [0.5, 0.6) is 0 Å². The van der Waals surface area contributed by atoms with Gasteiger partial charge in [-0.1, -0.05) is 24.3 Å². The number of nitrogens with two attached hydrogens (primary N) is 2. The summed E-state index contributed by atoms with van der Waals surface area (Å²) >= 11 is 0. The number of nitrogens with zero attached hydrogens (tertiary/aromatic N) is 2. The van der Waals surface area contributed by atoms with E-state index in [4.69, 9.17) is 16.6 Å². The third kappa shape index (κ3) is 4.24. The Labute approximate surface area is 88.1 Å². The molecule has 0 unspecified atom stereocenters. The second kappa shape index (κ2) is 5.77. The van der Waals surface area contributed by atoms with Gasteiger partial charge in [0.05, 0.1) is 6.21 Å². The molecule has 80 valence electrons. The summed E-state index contributed by atoms with van der Waals surface area (Å²) in [5.41, 5.74) is 12.2. The molecular formula is C10H14N4O. The van der Waals surface area contributed by atoms with E-state index in [-0.39, 0.29) is 12.6 Å². The molecule has 0 aromatic heterocycles. The summed E-state index contributed by atoms with van der Waals surface area (Å²) in [6.45, 7) is 0.154. The molecule has 1 aromatic rings. The lowest BCUT2D eigenvalue weighted by Gasteiger charge is -1.97. The fourth-order valence-electron chi connectivity index (χ4n) is 1.06. The highest BCUT2D eigenvalue weighted by Crippen LogP contribution is 2.02. The molecule has 0 heterocycles. The molecule has 0 saturated heterocycles. The van der Waals surface area contributed by atoms with Crippen LogP contribution in [0.4, 0.5) is 0 Å². The third-order valence-corrected chi connectivity index (χ3v) is 1.76. The average Bonchev–Trinajstić information content (AvgIpc) is 2.20. The number of benzene rings is 1. The van der Waals surface area contributed by atoms with Crippen molar-refractivity contribution in [3.63, 3.8) is 0 Å². The Hall–Kier alpha value is -1.88. The van der Waals surface area contributed by atoms with Gasteiger partial charge in [-0.3, -0.25) is 0 Å². The molecule has 5 nitrogen and oxygen atoms in total. The standard InChI is InChI=1S/C10H14N4O/c11-10(12)14-13-7-9-3-1-8(2-4-9)5-6-15/h1-4,7,15H,5-6H2,(H4,11,12,14). The van der Waals surface area contributed by atoms with Crippen LogP contribution in [0.2, 0.25) is 0 Å². The summed E-state index contributed by atoms with van der Waals surface area (Å²) in [5, 5.41) is 15.9. The summed E-state index contributed by atoms with van der Waals surface area (Å²) in [6.07, 6.45) is 2.22. The van der Waals surface area contributed by atoms with Crippen molar-refractivity contribution < 1.29 is 5.11 Å². The first-order chi connectivity index (χ1) is 7.22. The highest BCUT2D eigenvalue weighted by molar-refractivity contribution is 5.81. The Bertz CT molecular complexity index is 352. The Morgan fingerprint density at radius 2 is 1.93 bits per heavy atom. The molecule has 0 aliphatic heterocycles. The number of rotatable bonds is 4. The highest BCUT2D eigenvalue weighted by Gasteiger charge is 1.91. The zero-order valence-corrected chi connectivity index (χ0v) is 8.30. The predicted molar refractivity (Wildman–Crippen MR) is 60.6 cm³/mol. The van der Waals surface area contributed by atoms with Crippen molar-refractivity contribution in [2.45, 2.75) is 6.42 Å². The molecule has 15 heavy (non-hydrogen) atoms. The Morgan fingerprint density at radius 1 is 1.27 bits per heavy atom. The fraction of sp³-hybridized carbons (Fsp3) is 0.200. The van der Waals surface area contributed by atoms with Crippen molar-refractivity contribution in [2.75, 3.05) is 6.61 Å². The van der Waals surface area contributed by atoms with Crippen LogP contribution in [-0.4, -0.2) is 23.9 Å². The lowest BCUT2D eigenvalue weighted by atomic mass is 10.1. The molecule has 0 aliphatic rings. The number of guanidine groups is 1. The maximum Gasteiger partial charge on any atom is 0.211 e. The van der Waals surface area contributed by atoms with Crippen LogP contribution >= 0.6 is 0 Å². The van der Waals surface area contributed by atoms with Gasteiger partial charge in [0.25, 0.3) is 0 Å². The van der Waals surface area contributed by atoms with Crippen molar-refractivity contribution in [3.05, 3.63) is 35.4 Å². The van der Waals surface area contributed by atoms with Crippen molar-refractivity contribution in [1.82, 2.24) is 0 Å². The van der Waals surface area contributed by atoms with Crippen LogP contribution in [0.1, 0.15) is 11.1 Å². The topological polar surface area (TPSA) is 97.0 Å². The van der Waals surface area contributed by atoms with Gasteiger partial charge in [0.2, 0.25) is 5.96 Å². The molecule has 0 aliphatic carbocycles. The van der Waals surface area contributed by atoms with Gasteiger partial charge in [-0.2, -0.15) is 5.10 Å². The summed E-state index contributed by atoms with van der Waals surface area (Å²) in [4.78, 5) is 0. The van der Waals surface area contributed by atoms with Crippen LogP contribution < -0.4 is 11.5 Å². The van der Waals surface area contributed by atoms with Crippen molar-refractivity contribution >= 4 is 12.2 Å². The normalized spacial score (nSPS) is 10.5. The zero-order valence-electron chi connectivity index (χ0n) is 8.30. The molecular weight excluding hydrogens is 192 g/mol. The van der Waals surface area contributed by atoms with E-state index < -0.39 is 0 Å². The molecule has 5 heteroatoms. The number of aliphatic hydroxyl groups is 1. The molecule has 1 rings (SSSR count). The van der Waals surface area contributed by atoms with E-state index in [1.165, 1.54) is 0 Å². The lowest BCUT2D eigenvalue weighted by Crippen LogP contribution is -2.21. The smallest absolute Gasteiger partial charge is 0.211 e. The van der Waals surface area contributed by atoms with E-state index >= 15 is 0 Å². The van der Waals surface area contributed by atoms with Crippen LogP contribution in [-0.2, 0) is 6.42 Å². The zero-order chi connectivity index (χ0) is 11.1. The van der Waals surface area contributed by atoms with Gasteiger partial charge in [0.1, 0.15) is 0 Å². The van der Waals surface area contributed by atoms with Gasteiger partial charge in [0.15, 0.2) is 0 Å². The van der Waals surface area contributed by atoms with E-state index in [0.29, 0.717) is 6.42 Å². The minimum absolute atomic E-state index is 0.0665. The second-order valence-electron chi connectivity index (χ2n) is 2.98. The summed E-state index contributed by atoms with van der Waals surface area (Å²) in [6, 6.07) is 7.62. The van der Waals surface area contributed by atoms with Crippen LogP contribution in [0, 0.1) is 0 Å². The Balaban J connectivity index is 2.64. The third-order valence-electron chi connectivity index (χ3n) is 1.76. The fourth-order valence-corrected chi connectivity index (χ4v) is 1.06. The van der Waals surface area contributed by atoms with E-state index in [1.54, 1.807) is 6.21 Å². The lowest BCUT2D eigenvalue weighted by molar-refractivity contribution is 0.299. The molecule has 0 radical (unpaired) electrons. The molecule has 0 spiro atoms. The van der Waals surface area contributed by atoms with Crippen LogP contribution in [0.3, 0.4) is 0 Å². The molecule has 0 saturated carbocycles. The first kappa shape index (κ1) is 11.2. The first-order valence-corrected chi connectivity index (χ1v) is 4.54. The first-order valence-electron chi connectivity index (χ1n) is 4.54. The molecule has 0 amide bonds. The van der Waals surface area contributed by atoms with Gasteiger partial charge in [0, 0.05) is 6.61 Å². The van der Waals surface area contributed by atoms with Crippen molar-refractivity contribution in [3.8, 4) is 0 Å². The van der Waals surface area contributed by atoms with E-state index in [0.717, 1.165) is 11.1 Å². The van der Waals surface area contributed by atoms with Gasteiger partial charge in [-0.15, -0.1) is 5.10 Å². The predicted octanol–water partition coefficient (Wildman–Crippen LogP) is -0.171. The Kier molecular flexibility index (Phi) is 4.30. The highest BCUT2D eigenvalue weighted by atomic mass is 16.2. The minimum atomic E-state index is -0.0665. The average molecular weight is 206 g/mol. The van der Waals surface area contributed by atoms with Crippen molar-refractivity contribution in [2.24, 2.45) is 21.7 Å². The van der Waals surface area contributed by atoms with Gasteiger partial charge < -0.3 is 16.6 Å². The molecule has 1 aromatic carbocycles. The van der Waals surface area contributed by atoms with Crippen molar-refractivity contribution in [1.29, 1.82) is 0 Å². The summed E-state index contributed by atoms with van der Waals surface area (Å²) in [7, 11) is 0. The van der Waals surface area contributed by atoms with E-state index in [9.17, 15) is 0 Å². The SMILES string of the molecule is NC(N)=NN=Cc1ccc(CCO)cc1. The maximum atomic E-state index is 8.72. The summed E-state index contributed by atoms with van der Waals surface area (Å²) in [5.74, 6) is -0.0665. The molecule has 0 fully saturated rings. The van der Waals surface area contributed by atoms with Gasteiger partial charge in [-0.05, 0) is 17.5 Å². The van der Waals surface area contributed by atoms with E-state index in [2.05, 4.69) is 10.2 Å². The molecule has 0 atom stereocenters. The number of hydrogen-bond acceptors (Lipinski definition) is 3. The maximum absolute atomic E-state index is 8.72. The quantitative estimate of drug-likeness (QED) is 0.362. The Morgan fingerprint density at radius 3 is 2.47 bits per heavy atom. The largest absolute Gasteiger partial charge is 0.396 e. The summed E-state index contributed by atoms with van der Waals surface area (Å²) < 4.78 is 0. The second-order valence-corrected chi connectivity index (χ2v) is 2.98. The minimum Gasteiger partial charge on any atom is -0.396 e. The number of hydrogen-bond donors (Lipinski definition) is 3. The molecule has 0 bridgehead atoms. The van der Waals surface area contributed by atoms with Crippen LogP contribution in [0.15, 0.2) is 34.5 Å². The van der Waals surface area contributed by atoms with Gasteiger partial charge in [-0.25, -0.2) is 0 Å². The van der Waals surface area contributed by atoms with Gasteiger partial charge >= 0.3 is 0 Å². The monoisotopic (exact) mass is 206 g/mol. The molecule has 5 N–H and O–H groups in total. The van der Waals surface area contributed by atoms with Crippen LogP contribution in [0.25, 0.3) is 0 Å². The number of aliphatic hydroxyl groups excluding tert-OH is 1. The van der Waals surface area contributed by atoms with E-state index in [1.807, 2.05) is 24.3 Å².